The number of nitrogens with zero attached hydrogens (tertiary/aromatic N) is 1. The van der Waals surface area contributed by atoms with E-state index in [4.69, 9.17) is 9.47 Å². The molecule has 3 aliphatic rings. The van der Waals surface area contributed by atoms with E-state index in [0.29, 0.717) is 40.5 Å². The summed E-state index contributed by atoms with van der Waals surface area (Å²) in [6.07, 6.45) is 3.82. The number of benzene rings is 4. The van der Waals surface area contributed by atoms with E-state index in [-0.39, 0.29) is 17.5 Å². The number of hydrogen-bond acceptors (Lipinski definition) is 6. The Kier molecular flexibility index (Phi) is 6.38. The monoisotopic (exact) mass is 570 g/mol. The first-order chi connectivity index (χ1) is 21.0. The second-order valence-corrected chi connectivity index (χ2v) is 11.0. The number of ketones is 2. The normalized spacial score (nSPS) is 22.9. The fraction of sp³-hybridized carbons (Fsp3) is 0.194. The highest BCUT2D eigenvalue weighted by atomic mass is 16.5. The number of Topliss-reactive ketones (excluding diaryl/α,β-unsaturated/α-hetero) is 2. The van der Waals surface area contributed by atoms with Crippen LogP contribution in [0.15, 0.2) is 103 Å². The van der Waals surface area contributed by atoms with E-state index in [0.717, 1.165) is 11.1 Å². The van der Waals surface area contributed by atoms with Crippen LogP contribution in [0.2, 0.25) is 0 Å². The number of anilines is 1. The lowest BCUT2D eigenvalue weighted by atomic mass is 9.62. The largest absolute Gasteiger partial charge is 0.497 e. The Labute approximate surface area is 249 Å². The number of amides is 1. The molecule has 7 nitrogen and oxygen atoms in total. The highest BCUT2D eigenvalue weighted by molar-refractivity contribution is 6.17. The minimum absolute atomic E-state index is 0.269. The third kappa shape index (κ3) is 3.84. The smallest absolute Gasteiger partial charge is 0.238 e. The Bertz CT molecular complexity index is 1810. The van der Waals surface area contributed by atoms with Gasteiger partial charge in [0.15, 0.2) is 11.6 Å². The summed E-state index contributed by atoms with van der Waals surface area (Å²) in [5, 5.41) is 3.08. The standard InChI is InChI=1S/C36H30N2O5/c1-3-43-29-18-9-6-15-26(29)33(40)30-31(32(39)23-12-10-13-24(21-23)42-2)38-20-19-22-11-4-5-14-25(22)34(38)36(30)27-16-7-8-17-28(27)37-35(36)41/h4-21,30-31,34H,3H2,1-2H3,(H,37,41)/t30-,31+,34+,36+/m0/s1. The number of methoxy groups -OCH3 is 1. The molecule has 7 rings (SSSR count). The Hall–Kier alpha value is -5.17. The second-order valence-electron chi connectivity index (χ2n) is 11.0. The fourth-order valence-corrected chi connectivity index (χ4v) is 7.23. The molecule has 0 aliphatic carbocycles. The van der Waals surface area contributed by atoms with E-state index in [1.54, 1.807) is 49.6 Å². The summed E-state index contributed by atoms with van der Waals surface area (Å²) >= 11 is 0. The topological polar surface area (TPSA) is 84.9 Å². The quantitative estimate of drug-likeness (QED) is 0.271. The summed E-state index contributed by atoms with van der Waals surface area (Å²) in [4.78, 5) is 46.4. The molecule has 3 aliphatic heterocycles. The highest BCUT2D eigenvalue weighted by Crippen LogP contribution is 2.62. The molecule has 214 valence electrons. The SMILES string of the molecule is CCOc1ccccc1C(=O)[C@@H]1[C@H](C(=O)c2cccc(OC)c2)N2C=Cc3ccccc3[C@@H]2[C@]12C(=O)Nc1ccccc12. The van der Waals surface area contributed by atoms with Crippen molar-refractivity contribution in [2.75, 3.05) is 19.0 Å². The zero-order valence-electron chi connectivity index (χ0n) is 23.8. The van der Waals surface area contributed by atoms with E-state index >= 15 is 4.79 Å². The van der Waals surface area contributed by atoms with Crippen LogP contribution in [0.3, 0.4) is 0 Å². The van der Waals surface area contributed by atoms with Crippen LogP contribution in [0, 0.1) is 5.92 Å². The first-order valence-corrected chi connectivity index (χ1v) is 14.4. The van der Waals surface area contributed by atoms with Crippen LogP contribution in [-0.4, -0.2) is 42.1 Å². The number of ether oxygens (including phenoxy) is 2. The average molecular weight is 571 g/mol. The summed E-state index contributed by atoms with van der Waals surface area (Å²) in [6.45, 7) is 2.22. The lowest BCUT2D eigenvalue weighted by Gasteiger charge is -2.38. The number of carbonyl (C=O) groups excluding carboxylic acids is 3. The molecule has 0 saturated carbocycles. The van der Waals surface area contributed by atoms with Gasteiger partial charge in [-0.05, 0) is 60.0 Å². The summed E-state index contributed by atoms with van der Waals surface area (Å²) < 4.78 is 11.3. The fourth-order valence-electron chi connectivity index (χ4n) is 7.23. The van der Waals surface area contributed by atoms with Gasteiger partial charge in [0.2, 0.25) is 5.91 Å². The Morgan fingerprint density at radius 1 is 0.907 bits per heavy atom. The molecule has 7 heteroatoms. The van der Waals surface area contributed by atoms with Crippen molar-refractivity contribution in [1.82, 2.24) is 4.90 Å². The van der Waals surface area contributed by atoms with Crippen molar-refractivity contribution in [2.24, 2.45) is 5.92 Å². The van der Waals surface area contributed by atoms with Crippen molar-refractivity contribution < 1.29 is 23.9 Å². The molecule has 0 aromatic heterocycles. The van der Waals surface area contributed by atoms with Crippen molar-refractivity contribution in [2.45, 2.75) is 24.4 Å². The summed E-state index contributed by atoms with van der Waals surface area (Å²) in [5.74, 6) is -1.03. The van der Waals surface area contributed by atoms with Gasteiger partial charge in [-0.15, -0.1) is 0 Å². The molecule has 4 aromatic carbocycles. The van der Waals surface area contributed by atoms with E-state index in [2.05, 4.69) is 5.32 Å². The number of para-hydroxylation sites is 2. The van der Waals surface area contributed by atoms with Gasteiger partial charge in [-0.3, -0.25) is 14.4 Å². The number of carbonyl (C=O) groups is 3. The summed E-state index contributed by atoms with van der Waals surface area (Å²) in [7, 11) is 1.55. The van der Waals surface area contributed by atoms with E-state index in [9.17, 15) is 9.59 Å². The lowest BCUT2D eigenvalue weighted by molar-refractivity contribution is -0.122. The number of fused-ring (bicyclic) bond motifs is 6. The molecular formula is C36H30N2O5. The van der Waals surface area contributed by atoms with Crippen molar-refractivity contribution in [1.29, 1.82) is 0 Å². The van der Waals surface area contributed by atoms with Gasteiger partial charge in [0.25, 0.3) is 0 Å². The van der Waals surface area contributed by atoms with Gasteiger partial charge in [0, 0.05) is 17.5 Å². The third-order valence-electron chi connectivity index (χ3n) is 8.93. The van der Waals surface area contributed by atoms with Crippen LogP contribution in [0.4, 0.5) is 5.69 Å². The van der Waals surface area contributed by atoms with Gasteiger partial charge in [-0.1, -0.05) is 66.7 Å². The Morgan fingerprint density at radius 3 is 2.51 bits per heavy atom. The first-order valence-electron chi connectivity index (χ1n) is 14.4. The van der Waals surface area contributed by atoms with Crippen molar-refractivity contribution in [3.05, 3.63) is 131 Å². The van der Waals surface area contributed by atoms with E-state index in [1.165, 1.54) is 0 Å². The lowest BCUT2D eigenvalue weighted by Crippen LogP contribution is -2.49. The molecule has 0 bridgehead atoms. The molecule has 1 saturated heterocycles. The minimum Gasteiger partial charge on any atom is -0.497 e. The molecule has 1 fully saturated rings. The van der Waals surface area contributed by atoms with Crippen molar-refractivity contribution in [3.63, 3.8) is 0 Å². The zero-order valence-corrected chi connectivity index (χ0v) is 23.8. The van der Waals surface area contributed by atoms with Crippen LogP contribution >= 0.6 is 0 Å². The maximum atomic E-state index is 15.1. The molecular weight excluding hydrogens is 540 g/mol. The predicted molar refractivity (Wildman–Crippen MR) is 163 cm³/mol. The van der Waals surface area contributed by atoms with Crippen molar-refractivity contribution >= 4 is 29.2 Å². The first kappa shape index (κ1) is 26.7. The van der Waals surface area contributed by atoms with Gasteiger partial charge in [-0.2, -0.15) is 0 Å². The average Bonchev–Trinajstić information content (AvgIpc) is 3.53. The molecule has 3 heterocycles. The Morgan fingerprint density at radius 2 is 1.67 bits per heavy atom. The van der Waals surface area contributed by atoms with Crippen LogP contribution < -0.4 is 14.8 Å². The van der Waals surface area contributed by atoms with Gasteiger partial charge >= 0.3 is 0 Å². The van der Waals surface area contributed by atoms with Crippen LogP contribution in [0.1, 0.15) is 50.4 Å². The molecule has 1 amide bonds. The molecule has 43 heavy (non-hydrogen) atoms. The van der Waals surface area contributed by atoms with Crippen molar-refractivity contribution in [3.8, 4) is 11.5 Å². The molecule has 1 spiro atoms. The molecule has 0 unspecified atom stereocenters. The number of rotatable bonds is 7. The zero-order chi connectivity index (χ0) is 29.7. The second kappa shape index (κ2) is 10.3. The number of nitrogens with one attached hydrogen (secondary N) is 1. The molecule has 1 N–H and O–H groups in total. The summed E-state index contributed by atoms with van der Waals surface area (Å²) in [5.41, 5.74) is 2.50. The Balaban J connectivity index is 1.54. The van der Waals surface area contributed by atoms with Gasteiger partial charge < -0.3 is 19.7 Å². The maximum Gasteiger partial charge on any atom is 0.238 e. The molecule has 4 aromatic rings. The van der Waals surface area contributed by atoms with Crippen LogP contribution in [0.5, 0.6) is 11.5 Å². The number of hydrogen-bond donors (Lipinski definition) is 1. The highest BCUT2D eigenvalue weighted by Gasteiger charge is 2.70. The van der Waals surface area contributed by atoms with Gasteiger partial charge in [-0.25, -0.2) is 0 Å². The summed E-state index contributed by atoms with van der Waals surface area (Å²) in [6, 6.07) is 27.7. The predicted octanol–water partition coefficient (Wildman–Crippen LogP) is 6.08. The molecule has 0 radical (unpaired) electrons. The van der Waals surface area contributed by atoms with Gasteiger partial charge in [0.05, 0.1) is 31.2 Å². The van der Waals surface area contributed by atoms with E-state index < -0.39 is 23.4 Å². The minimum atomic E-state index is -1.41. The van der Waals surface area contributed by atoms with E-state index in [1.807, 2.05) is 78.7 Å². The van der Waals surface area contributed by atoms with Crippen LogP contribution in [-0.2, 0) is 10.2 Å². The van der Waals surface area contributed by atoms with Gasteiger partial charge in [0.1, 0.15) is 23.0 Å². The third-order valence-corrected chi connectivity index (χ3v) is 8.93. The maximum absolute atomic E-state index is 15.1. The molecule has 4 atom stereocenters. The van der Waals surface area contributed by atoms with Crippen LogP contribution in [0.25, 0.3) is 6.08 Å².